The van der Waals surface area contributed by atoms with Gasteiger partial charge in [0.05, 0.1) is 30.2 Å². The molecule has 13 heteroatoms. The van der Waals surface area contributed by atoms with E-state index in [0.29, 0.717) is 18.5 Å². The number of aliphatic carboxylic acids is 4. The van der Waals surface area contributed by atoms with E-state index in [4.69, 9.17) is 0 Å². The van der Waals surface area contributed by atoms with Crippen LogP contribution in [-0.4, -0.2) is 44.6 Å². The number of carboxylic acids is 4. The van der Waals surface area contributed by atoms with Crippen molar-refractivity contribution in [3.63, 3.8) is 0 Å². The molecule has 2 atom stereocenters. The van der Waals surface area contributed by atoms with Crippen molar-refractivity contribution in [2.24, 2.45) is 5.92 Å². The molecule has 0 fully saturated rings. The second-order valence-corrected chi connectivity index (χ2v) is 9.68. The number of aromatic nitrogens is 2. The minimum absolute atomic E-state index is 0. The predicted molar refractivity (Wildman–Crippen MR) is 136 cm³/mol. The van der Waals surface area contributed by atoms with Crippen molar-refractivity contribution in [2.75, 3.05) is 0 Å². The summed E-state index contributed by atoms with van der Waals surface area (Å²) in [6.45, 7) is 2.21. The molecule has 0 aliphatic rings. The third-order valence-electron chi connectivity index (χ3n) is 6.39. The van der Waals surface area contributed by atoms with Crippen LogP contribution < -0.4 is 20.4 Å². The minimum atomic E-state index is -3.02. The number of imidazole rings is 1. The minimum Gasteiger partial charge on any atom is -0.550 e. The summed E-state index contributed by atoms with van der Waals surface area (Å²) >= 11 is 0. The molecule has 0 bridgehead atoms. The maximum absolute atomic E-state index is 11.2. The smallest absolute Gasteiger partial charge is 0.550 e. The van der Waals surface area contributed by atoms with E-state index >= 15 is 0 Å². The van der Waals surface area contributed by atoms with Crippen LogP contribution in [-0.2, 0) is 58.1 Å². The van der Waals surface area contributed by atoms with Gasteiger partial charge in [-0.05, 0) is 18.6 Å². The summed E-state index contributed by atoms with van der Waals surface area (Å²) in [5, 5.41) is 52.9. The molecule has 0 amide bonds. The van der Waals surface area contributed by atoms with E-state index in [1.54, 1.807) is 0 Å². The van der Waals surface area contributed by atoms with Crippen LogP contribution in [0.15, 0.2) is 18.6 Å². The number of nitrogens with zero attached hydrogens (tertiary/aromatic N) is 1. The summed E-state index contributed by atoms with van der Waals surface area (Å²) in [4.78, 5) is 49.2. The maximum Gasteiger partial charge on any atom is 2.00 e. The molecule has 0 radical (unpaired) electrons. The van der Waals surface area contributed by atoms with Gasteiger partial charge in [0.2, 0.25) is 0 Å². The standard InChI is InChI=1S/C22H40O7.C6H6N2O2.2Zn/c1-2-3-4-5-6-7-8-9-10-11-12-13-14-15-16-18(20(25)26)22(29,21(27)28)17-19(23)24;9-6(10)2-1-5-3-7-4-8-5;;/h18,29H,2-17H2,1H3,(H,23,24)(H,25,26)(H,27,28);1-4H,(H,7,8)(H,9,10);;/q;;2*+2/p-4. The zero-order chi connectivity index (χ0) is 29.5. The number of aliphatic hydroxyl groups is 1. The fourth-order valence-electron chi connectivity index (χ4n) is 4.17. The van der Waals surface area contributed by atoms with Gasteiger partial charge in [0.15, 0.2) is 0 Å². The van der Waals surface area contributed by atoms with Gasteiger partial charge in [0.1, 0.15) is 5.60 Å². The Hall–Kier alpha value is -1.96. The molecule has 222 valence electrons. The molecule has 1 rings (SSSR count). The molecule has 2 unspecified atom stereocenters. The third kappa shape index (κ3) is 22.3. The first-order valence-electron chi connectivity index (χ1n) is 13.8. The number of carbonyl (C=O) groups excluding carboxylic acids is 4. The number of hydrogen-bond acceptors (Lipinski definition) is 10. The molecule has 1 aromatic rings. The van der Waals surface area contributed by atoms with Gasteiger partial charge in [0.25, 0.3) is 0 Å². The van der Waals surface area contributed by atoms with Crippen molar-refractivity contribution in [3.05, 3.63) is 24.3 Å². The van der Waals surface area contributed by atoms with Crippen LogP contribution in [0.5, 0.6) is 0 Å². The van der Waals surface area contributed by atoms with E-state index < -0.39 is 41.8 Å². The first-order valence-corrected chi connectivity index (χ1v) is 13.8. The van der Waals surface area contributed by atoms with Gasteiger partial charge in [-0.3, -0.25) is 0 Å². The topological polar surface area (TPSA) is 209 Å². The van der Waals surface area contributed by atoms with Crippen molar-refractivity contribution in [1.82, 2.24) is 9.97 Å². The Bertz CT molecular complexity index is 867. The molecule has 1 aromatic heterocycles. The normalized spacial score (nSPS) is 12.6. The Balaban J connectivity index is -0.00000101. The van der Waals surface area contributed by atoms with E-state index in [0.717, 1.165) is 25.3 Å². The molecular weight excluding hydrogens is 639 g/mol. The van der Waals surface area contributed by atoms with Crippen LogP contribution in [0.2, 0.25) is 0 Å². The molecule has 1 heterocycles. The van der Waals surface area contributed by atoms with E-state index in [2.05, 4.69) is 16.9 Å². The Kier molecular flexibility index (Phi) is 28.5. The van der Waals surface area contributed by atoms with Crippen LogP contribution >= 0.6 is 0 Å². The van der Waals surface area contributed by atoms with Gasteiger partial charge in [-0.2, -0.15) is 0 Å². The fourth-order valence-corrected chi connectivity index (χ4v) is 4.17. The Morgan fingerprint density at radius 3 is 1.66 bits per heavy atom. The second-order valence-electron chi connectivity index (χ2n) is 9.68. The molecule has 0 saturated carbocycles. The van der Waals surface area contributed by atoms with Gasteiger partial charge in [-0.1, -0.05) is 96.8 Å². The summed E-state index contributed by atoms with van der Waals surface area (Å²) in [5.41, 5.74) is -2.38. The number of unbranched alkanes of at least 4 members (excludes halogenated alkanes) is 13. The molecule has 2 N–H and O–H groups in total. The Labute approximate surface area is 268 Å². The zero-order valence-electron chi connectivity index (χ0n) is 24.3. The Morgan fingerprint density at radius 2 is 1.32 bits per heavy atom. The first kappa shape index (κ1) is 43.5. The van der Waals surface area contributed by atoms with Crippen LogP contribution in [0.1, 0.15) is 115 Å². The summed E-state index contributed by atoms with van der Waals surface area (Å²) in [6, 6.07) is 0. The van der Waals surface area contributed by atoms with Crippen molar-refractivity contribution >= 4 is 30.0 Å². The fraction of sp³-hybridized carbons (Fsp3) is 0.679. The summed E-state index contributed by atoms with van der Waals surface area (Å²) in [5.74, 6) is -8.85. The molecule has 41 heavy (non-hydrogen) atoms. The molecule has 0 aliphatic heterocycles. The maximum atomic E-state index is 11.2. The summed E-state index contributed by atoms with van der Waals surface area (Å²) in [7, 11) is 0. The van der Waals surface area contributed by atoms with Crippen LogP contribution in [0.4, 0.5) is 0 Å². The number of aromatic amines is 1. The molecule has 0 aliphatic carbocycles. The van der Waals surface area contributed by atoms with Crippen molar-refractivity contribution in [1.29, 1.82) is 0 Å². The zero-order valence-corrected chi connectivity index (χ0v) is 30.2. The van der Waals surface area contributed by atoms with Crippen LogP contribution in [0.3, 0.4) is 0 Å². The molecular formula is C28H42N2O9Zn2. The number of hydrogen-bond donors (Lipinski definition) is 2. The van der Waals surface area contributed by atoms with E-state index in [1.165, 1.54) is 76.4 Å². The van der Waals surface area contributed by atoms with Crippen LogP contribution in [0.25, 0.3) is 6.08 Å². The molecule has 11 nitrogen and oxygen atoms in total. The number of nitrogens with one attached hydrogen (secondary N) is 1. The van der Waals surface area contributed by atoms with Crippen molar-refractivity contribution in [2.45, 2.75) is 115 Å². The molecule has 0 aromatic carbocycles. The SMILES string of the molecule is CCCCCCCCCCCCCCCCC(C(=O)[O-])C(O)(CC(=O)[O-])C(=O)[O-].O=C([O-])C=Cc1cnc[nH]1.[Zn+2].[Zn+2]. The van der Waals surface area contributed by atoms with Gasteiger partial charge in [-0.25, -0.2) is 4.98 Å². The van der Waals surface area contributed by atoms with E-state index in [1.807, 2.05) is 0 Å². The molecule has 0 spiro atoms. The van der Waals surface area contributed by atoms with Gasteiger partial charge in [-0.15, -0.1) is 0 Å². The average Bonchev–Trinajstić information content (AvgIpc) is 3.38. The van der Waals surface area contributed by atoms with E-state index in [9.17, 15) is 44.7 Å². The largest absolute Gasteiger partial charge is 2.00 e. The van der Waals surface area contributed by atoms with Crippen LogP contribution in [0, 0.1) is 5.92 Å². The first-order chi connectivity index (χ1) is 18.5. The van der Waals surface area contributed by atoms with Gasteiger partial charge in [0, 0.05) is 24.3 Å². The van der Waals surface area contributed by atoms with Crippen molar-refractivity contribution < 1.29 is 83.7 Å². The number of carbonyl (C=O) groups is 4. The molecule has 0 saturated heterocycles. The predicted octanol–water partition coefficient (Wildman–Crippen LogP) is 0.0127. The summed E-state index contributed by atoms with van der Waals surface area (Å²) in [6.07, 6.45) is 19.3. The number of carboxylic acid groups (broad SMARTS) is 4. The van der Waals surface area contributed by atoms with Crippen molar-refractivity contribution in [3.8, 4) is 0 Å². The third-order valence-corrected chi connectivity index (χ3v) is 6.39. The number of rotatable bonds is 22. The quantitative estimate of drug-likeness (QED) is 0.0952. The average molecular weight is 681 g/mol. The summed E-state index contributed by atoms with van der Waals surface area (Å²) < 4.78 is 0. The van der Waals surface area contributed by atoms with Gasteiger partial charge < -0.3 is 49.7 Å². The number of H-pyrrole nitrogens is 1. The van der Waals surface area contributed by atoms with E-state index in [-0.39, 0.29) is 45.4 Å². The monoisotopic (exact) mass is 678 g/mol. The van der Waals surface area contributed by atoms with Gasteiger partial charge >= 0.3 is 39.0 Å². The Morgan fingerprint density at radius 1 is 0.854 bits per heavy atom. The second kappa shape index (κ2) is 26.9.